The standard InChI is InChI=1S/C17H19N3OS2/c1-2-14-4-6-15(7-5-14)17-19-16(12-22-17)13-23(21)11-10-20-9-3-8-18-20/h3-9,12H,2,10-11,13H2,1H3/t23-/m0/s1. The van der Waals surface area contributed by atoms with Gasteiger partial charge in [-0.15, -0.1) is 11.3 Å². The van der Waals surface area contributed by atoms with Crippen LogP contribution >= 0.6 is 11.3 Å². The van der Waals surface area contributed by atoms with Crippen LogP contribution < -0.4 is 0 Å². The maximum Gasteiger partial charge on any atom is 0.123 e. The van der Waals surface area contributed by atoms with Crippen molar-refractivity contribution >= 4 is 22.1 Å². The van der Waals surface area contributed by atoms with Crippen LogP contribution in [0.2, 0.25) is 0 Å². The third kappa shape index (κ3) is 4.36. The Hall–Kier alpha value is -1.79. The Labute approximate surface area is 142 Å². The minimum absolute atomic E-state index is 0.505. The van der Waals surface area contributed by atoms with Crippen LogP contribution in [0.4, 0.5) is 0 Å². The number of thiazole rings is 1. The molecule has 2 heterocycles. The Kier molecular flexibility index (Phi) is 5.35. The Morgan fingerprint density at radius 3 is 2.78 bits per heavy atom. The quantitative estimate of drug-likeness (QED) is 0.658. The largest absolute Gasteiger partial charge is 0.272 e. The molecule has 2 aromatic heterocycles. The minimum Gasteiger partial charge on any atom is -0.272 e. The van der Waals surface area contributed by atoms with Crippen molar-refractivity contribution in [3.05, 3.63) is 59.4 Å². The summed E-state index contributed by atoms with van der Waals surface area (Å²) in [6, 6.07) is 10.4. The number of aryl methyl sites for hydroxylation is 2. The van der Waals surface area contributed by atoms with E-state index in [-0.39, 0.29) is 0 Å². The van der Waals surface area contributed by atoms with E-state index < -0.39 is 10.8 Å². The first-order chi connectivity index (χ1) is 11.2. The molecule has 3 rings (SSSR count). The molecule has 0 fully saturated rings. The van der Waals surface area contributed by atoms with Crippen LogP contribution in [-0.2, 0) is 29.5 Å². The average Bonchev–Trinajstić information content (AvgIpc) is 3.25. The zero-order valence-electron chi connectivity index (χ0n) is 13.0. The van der Waals surface area contributed by atoms with Crippen LogP contribution in [0.15, 0.2) is 48.1 Å². The summed E-state index contributed by atoms with van der Waals surface area (Å²) >= 11 is 1.61. The fraction of sp³-hybridized carbons (Fsp3) is 0.294. The summed E-state index contributed by atoms with van der Waals surface area (Å²) < 4.78 is 14.0. The Balaban J connectivity index is 1.58. The van der Waals surface area contributed by atoms with Crippen molar-refractivity contribution in [3.8, 4) is 10.6 Å². The van der Waals surface area contributed by atoms with E-state index in [4.69, 9.17) is 0 Å². The Bertz CT molecular complexity index is 764. The lowest BCUT2D eigenvalue weighted by molar-refractivity contribution is 0.643. The molecule has 0 N–H and O–H groups in total. The first-order valence-corrected chi connectivity index (χ1v) is 9.97. The van der Waals surface area contributed by atoms with E-state index in [1.807, 2.05) is 17.6 Å². The summed E-state index contributed by atoms with van der Waals surface area (Å²) in [4.78, 5) is 4.62. The van der Waals surface area contributed by atoms with Gasteiger partial charge in [-0.2, -0.15) is 5.10 Å². The highest BCUT2D eigenvalue weighted by Crippen LogP contribution is 2.24. The topological polar surface area (TPSA) is 47.8 Å². The van der Waals surface area contributed by atoms with E-state index in [2.05, 4.69) is 41.3 Å². The maximum atomic E-state index is 12.2. The Morgan fingerprint density at radius 2 is 2.09 bits per heavy atom. The molecular weight excluding hydrogens is 326 g/mol. The molecule has 0 saturated carbocycles. The zero-order valence-corrected chi connectivity index (χ0v) is 14.6. The van der Waals surface area contributed by atoms with Crippen LogP contribution in [0.3, 0.4) is 0 Å². The molecule has 0 aliphatic carbocycles. The predicted octanol–water partition coefficient (Wildman–Crippen LogP) is 3.52. The van der Waals surface area contributed by atoms with E-state index in [1.54, 1.807) is 22.2 Å². The van der Waals surface area contributed by atoms with Gasteiger partial charge >= 0.3 is 0 Å². The predicted molar refractivity (Wildman–Crippen MR) is 95.9 cm³/mol. The highest BCUT2D eigenvalue weighted by atomic mass is 32.2. The van der Waals surface area contributed by atoms with Crippen molar-refractivity contribution in [3.63, 3.8) is 0 Å². The van der Waals surface area contributed by atoms with Crippen molar-refractivity contribution in [2.75, 3.05) is 5.75 Å². The summed E-state index contributed by atoms with van der Waals surface area (Å²) in [7, 11) is -0.920. The molecule has 0 bridgehead atoms. The molecule has 3 aromatic rings. The van der Waals surface area contributed by atoms with Crippen molar-refractivity contribution in [2.45, 2.75) is 25.6 Å². The van der Waals surface area contributed by atoms with Gasteiger partial charge < -0.3 is 0 Å². The molecular formula is C17H19N3OS2. The molecule has 1 atom stereocenters. The second-order valence-corrected chi connectivity index (χ2v) is 7.69. The minimum atomic E-state index is -0.920. The number of hydrogen-bond donors (Lipinski definition) is 0. The second-order valence-electron chi connectivity index (χ2n) is 5.25. The highest BCUT2D eigenvalue weighted by Gasteiger charge is 2.08. The molecule has 0 radical (unpaired) electrons. The van der Waals surface area contributed by atoms with Crippen molar-refractivity contribution in [1.29, 1.82) is 0 Å². The normalized spacial score (nSPS) is 12.4. The fourth-order valence-electron chi connectivity index (χ4n) is 2.25. The molecule has 23 heavy (non-hydrogen) atoms. The van der Waals surface area contributed by atoms with Crippen molar-refractivity contribution in [2.24, 2.45) is 0 Å². The first kappa shape index (κ1) is 16.1. The van der Waals surface area contributed by atoms with Gasteiger partial charge in [0.1, 0.15) is 5.01 Å². The monoisotopic (exact) mass is 345 g/mol. The lowest BCUT2D eigenvalue weighted by Crippen LogP contribution is -2.09. The summed E-state index contributed by atoms with van der Waals surface area (Å²) in [5.74, 6) is 1.10. The molecule has 0 aliphatic rings. The van der Waals surface area contributed by atoms with E-state index in [0.29, 0.717) is 18.1 Å². The molecule has 0 aliphatic heterocycles. The Morgan fingerprint density at radius 1 is 1.26 bits per heavy atom. The molecule has 1 aromatic carbocycles. The number of hydrogen-bond acceptors (Lipinski definition) is 4. The lowest BCUT2D eigenvalue weighted by Gasteiger charge is -2.01. The van der Waals surface area contributed by atoms with E-state index in [0.717, 1.165) is 22.7 Å². The fourth-order valence-corrected chi connectivity index (χ4v) is 4.20. The second kappa shape index (κ2) is 7.66. The van der Waals surface area contributed by atoms with Gasteiger partial charge in [0.05, 0.1) is 18.0 Å². The first-order valence-electron chi connectivity index (χ1n) is 7.60. The molecule has 0 saturated heterocycles. The van der Waals surface area contributed by atoms with Gasteiger partial charge in [-0.3, -0.25) is 8.89 Å². The molecule has 0 spiro atoms. The van der Waals surface area contributed by atoms with E-state index in [9.17, 15) is 4.21 Å². The lowest BCUT2D eigenvalue weighted by atomic mass is 10.1. The third-order valence-corrected chi connectivity index (χ3v) is 5.77. The van der Waals surface area contributed by atoms with Crippen molar-refractivity contribution < 1.29 is 4.21 Å². The number of aromatic nitrogens is 3. The summed E-state index contributed by atoms with van der Waals surface area (Å²) in [5.41, 5.74) is 3.36. The summed E-state index contributed by atoms with van der Waals surface area (Å²) in [5, 5.41) is 7.12. The van der Waals surface area contributed by atoms with Gasteiger partial charge in [-0.1, -0.05) is 31.2 Å². The smallest absolute Gasteiger partial charge is 0.123 e. The highest BCUT2D eigenvalue weighted by molar-refractivity contribution is 7.84. The SMILES string of the molecule is CCc1ccc(-c2nc(C[S@@](=O)CCn3cccn3)cs2)cc1. The third-order valence-electron chi connectivity index (χ3n) is 3.58. The van der Waals surface area contributed by atoms with Gasteiger partial charge in [0, 0.05) is 39.9 Å². The van der Waals surface area contributed by atoms with Crippen LogP contribution in [0.1, 0.15) is 18.2 Å². The van der Waals surface area contributed by atoms with Crippen LogP contribution in [0, 0.1) is 0 Å². The summed E-state index contributed by atoms with van der Waals surface area (Å²) in [6.45, 7) is 2.82. The maximum absolute atomic E-state index is 12.2. The van der Waals surface area contributed by atoms with Gasteiger partial charge in [-0.25, -0.2) is 4.98 Å². The molecule has 4 nitrogen and oxygen atoms in total. The molecule has 120 valence electrons. The van der Waals surface area contributed by atoms with Crippen molar-refractivity contribution in [1.82, 2.24) is 14.8 Å². The van der Waals surface area contributed by atoms with Gasteiger partial charge in [0.2, 0.25) is 0 Å². The van der Waals surface area contributed by atoms with Crippen LogP contribution in [0.25, 0.3) is 10.6 Å². The van der Waals surface area contributed by atoms with Gasteiger partial charge in [-0.05, 0) is 18.1 Å². The molecule has 0 unspecified atom stereocenters. The van der Waals surface area contributed by atoms with Crippen LogP contribution in [0.5, 0.6) is 0 Å². The van der Waals surface area contributed by atoms with Crippen LogP contribution in [-0.4, -0.2) is 24.7 Å². The number of benzene rings is 1. The van der Waals surface area contributed by atoms with E-state index in [1.165, 1.54) is 5.56 Å². The van der Waals surface area contributed by atoms with Gasteiger partial charge in [0.15, 0.2) is 0 Å². The molecule has 0 amide bonds. The van der Waals surface area contributed by atoms with E-state index >= 15 is 0 Å². The zero-order chi connectivity index (χ0) is 16.1. The summed E-state index contributed by atoms with van der Waals surface area (Å²) in [6.07, 6.45) is 4.66. The number of rotatable bonds is 7. The van der Waals surface area contributed by atoms with Gasteiger partial charge in [0.25, 0.3) is 0 Å². The average molecular weight is 345 g/mol. The number of nitrogens with zero attached hydrogens (tertiary/aromatic N) is 3. The molecule has 6 heteroatoms.